The Morgan fingerprint density at radius 2 is 1.58 bits per heavy atom. The second kappa shape index (κ2) is 11.0. The Morgan fingerprint density at radius 3 is 2.29 bits per heavy atom. The van der Waals surface area contributed by atoms with Crippen molar-refractivity contribution in [1.82, 2.24) is 0 Å². The summed E-state index contributed by atoms with van der Waals surface area (Å²) in [5.74, 6) is -2.06. The van der Waals surface area contributed by atoms with Crippen LogP contribution in [-0.2, 0) is 19.1 Å². The number of rotatable bonds is 6. The summed E-state index contributed by atoms with van der Waals surface area (Å²) in [5.41, 5.74) is 2.22. The lowest BCUT2D eigenvalue weighted by Gasteiger charge is -2.28. The number of ether oxygens (including phenoxy) is 1. The van der Waals surface area contributed by atoms with Crippen LogP contribution in [0.15, 0.2) is 72.8 Å². The molecule has 5 rings (SSSR count). The van der Waals surface area contributed by atoms with Crippen molar-refractivity contribution in [1.29, 1.82) is 0 Å². The molecule has 1 aliphatic carbocycles. The van der Waals surface area contributed by atoms with Gasteiger partial charge in [0.05, 0.1) is 33.1 Å². The van der Waals surface area contributed by atoms with Gasteiger partial charge < -0.3 is 10.1 Å². The van der Waals surface area contributed by atoms with E-state index in [9.17, 15) is 19.2 Å². The van der Waals surface area contributed by atoms with Gasteiger partial charge in [0.15, 0.2) is 6.61 Å². The molecule has 3 aromatic rings. The fourth-order valence-corrected chi connectivity index (χ4v) is 5.49. The number of imide groups is 1. The summed E-state index contributed by atoms with van der Waals surface area (Å²) in [4.78, 5) is 52.2. The molecule has 3 amide bonds. The van der Waals surface area contributed by atoms with Crippen LogP contribution in [0.2, 0.25) is 10.0 Å². The van der Waals surface area contributed by atoms with Gasteiger partial charge in [0.1, 0.15) is 0 Å². The van der Waals surface area contributed by atoms with E-state index in [-0.39, 0.29) is 40.2 Å². The first-order valence-electron chi connectivity index (χ1n) is 12.3. The minimum Gasteiger partial charge on any atom is -0.452 e. The van der Waals surface area contributed by atoms with E-state index in [2.05, 4.69) is 17.4 Å². The number of benzene rings is 3. The number of carbonyl (C=O) groups is 4. The zero-order valence-electron chi connectivity index (χ0n) is 20.2. The van der Waals surface area contributed by atoms with Gasteiger partial charge in [0.2, 0.25) is 11.8 Å². The number of carbonyl (C=O) groups excluding carboxylic acids is 4. The monoisotopic (exact) mass is 550 g/mol. The second-order valence-corrected chi connectivity index (χ2v) is 10.3. The first-order chi connectivity index (χ1) is 18.3. The molecule has 1 N–H and O–H groups in total. The van der Waals surface area contributed by atoms with Gasteiger partial charge in [-0.25, -0.2) is 4.79 Å². The maximum atomic E-state index is 13.3. The van der Waals surface area contributed by atoms with Gasteiger partial charge in [0.25, 0.3) is 5.91 Å². The molecule has 0 unspecified atom stereocenters. The second-order valence-electron chi connectivity index (χ2n) is 9.45. The lowest BCUT2D eigenvalue weighted by Crippen LogP contribution is -2.30. The summed E-state index contributed by atoms with van der Waals surface area (Å²) in [7, 11) is 0. The molecule has 0 aromatic heterocycles. The Bertz CT molecular complexity index is 1390. The van der Waals surface area contributed by atoms with E-state index in [0.29, 0.717) is 29.2 Å². The average Bonchev–Trinajstić information content (AvgIpc) is 3.19. The minimum absolute atomic E-state index is 0.191. The quantitative estimate of drug-likeness (QED) is 0.306. The lowest BCUT2D eigenvalue weighted by molar-refractivity contribution is -0.122. The van der Waals surface area contributed by atoms with Gasteiger partial charge in [-0.3, -0.25) is 19.3 Å². The number of anilines is 2. The van der Waals surface area contributed by atoms with Crippen molar-refractivity contribution < 1.29 is 23.9 Å². The Kier molecular flexibility index (Phi) is 7.49. The van der Waals surface area contributed by atoms with Gasteiger partial charge in [-0.2, -0.15) is 0 Å². The van der Waals surface area contributed by atoms with Gasteiger partial charge in [-0.05, 0) is 73.2 Å². The molecule has 194 valence electrons. The normalized spacial score (nSPS) is 20.7. The summed E-state index contributed by atoms with van der Waals surface area (Å²) in [6.45, 7) is -0.504. The predicted octanol–water partition coefficient (Wildman–Crippen LogP) is 5.86. The van der Waals surface area contributed by atoms with E-state index < -0.39 is 18.5 Å². The molecule has 2 fully saturated rings. The fourth-order valence-electron chi connectivity index (χ4n) is 5.19. The van der Waals surface area contributed by atoms with Crippen LogP contribution < -0.4 is 10.2 Å². The Morgan fingerprint density at radius 1 is 0.868 bits per heavy atom. The van der Waals surface area contributed by atoms with Gasteiger partial charge in [-0.1, -0.05) is 53.5 Å². The molecule has 2 aliphatic rings. The number of fused-ring (bicyclic) bond motifs is 1. The number of amides is 3. The molecule has 3 atom stereocenters. The molecule has 7 nitrogen and oxygen atoms in total. The van der Waals surface area contributed by atoms with Crippen LogP contribution in [0, 0.1) is 11.8 Å². The van der Waals surface area contributed by atoms with E-state index in [1.54, 1.807) is 24.3 Å². The minimum atomic E-state index is -0.709. The summed E-state index contributed by atoms with van der Waals surface area (Å²) < 4.78 is 5.10. The third-order valence-electron chi connectivity index (χ3n) is 7.10. The van der Waals surface area contributed by atoms with Crippen molar-refractivity contribution in [3.05, 3.63) is 94.0 Å². The molecule has 9 heteroatoms. The number of halogens is 2. The molecule has 38 heavy (non-hydrogen) atoms. The van der Waals surface area contributed by atoms with Crippen LogP contribution in [0.3, 0.4) is 0 Å². The Hall–Kier alpha value is -3.68. The van der Waals surface area contributed by atoms with Crippen molar-refractivity contribution in [3.8, 4) is 0 Å². The molecule has 1 heterocycles. The molecule has 1 saturated heterocycles. The number of hydrogen-bond donors (Lipinski definition) is 1. The van der Waals surface area contributed by atoms with Gasteiger partial charge >= 0.3 is 5.97 Å². The van der Waals surface area contributed by atoms with Crippen molar-refractivity contribution >= 4 is 58.3 Å². The lowest BCUT2D eigenvalue weighted by atomic mass is 9.73. The first kappa shape index (κ1) is 25.9. The van der Waals surface area contributed by atoms with Gasteiger partial charge in [-0.15, -0.1) is 0 Å². The first-order valence-corrected chi connectivity index (χ1v) is 13.0. The Labute approximate surface area is 229 Å². The largest absolute Gasteiger partial charge is 0.452 e. The topological polar surface area (TPSA) is 92.8 Å². The summed E-state index contributed by atoms with van der Waals surface area (Å²) >= 11 is 11.8. The fraction of sp³-hybridized carbons (Fsp3) is 0.241. The molecular weight excluding hydrogens is 527 g/mol. The predicted molar refractivity (Wildman–Crippen MR) is 144 cm³/mol. The highest BCUT2D eigenvalue weighted by Crippen LogP contribution is 2.45. The zero-order chi connectivity index (χ0) is 26.8. The highest BCUT2D eigenvalue weighted by atomic mass is 35.5. The number of nitrogens with zero attached hydrogens (tertiary/aromatic N) is 1. The Balaban J connectivity index is 1.19. The highest BCUT2D eigenvalue weighted by Gasteiger charge is 2.50. The van der Waals surface area contributed by atoms with E-state index >= 15 is 0 Å². The molecule has 0 radical (unpaired) electrons. The van der Waals surface area contributed by atoms with Crippen molar-refractivity contribution in [2.75, 3.05) is 16.8 Å². The van der Waals surface area contributed by atoms with Crippen LogP contribution >= 0.6 is 23.2 Å². The van der Waals surface area contributed by atoms with Crippen molar-refractivity contribution in [2.24, 2.45) is 11.8 Å². The van der Waals surface area contributed by atoms with Gasteiger partial charge in [0, 0.05) is 5.69 Å². The summed E-state index contributed by atoms with van der Waals surface area (Å²) in [6, 6.07) is 20.7. The van der Waals surface area contributed by atoms with E-state index in [1.165, 1.54) is 28.7 Å². The highest BCUT2D eigenvalue weighted by molar-refractivity contribution is 6.42. The van der Waals surface area contributed by atoms with E-state index in [0.717, 1.165) is 6.42 Å². The summed E-state index contributed by atoms with van der Waals surface area (Å²) in [5, 5.41) is 3.21. The van der Waals surface area contributed by atoms with E-state index in [4.69, 9.17) is 27.9 Å². The van der Waals surface area contributed by atoms with Crippen LogP contribution in [0.1, 0.15) is 41.1 Å². The third kappa shape index (κ3) is 5.30. The molecule has 0 spiro atoms. The number of esters is 1. The number of nitrogens with one attached hydrogen (secondary N) is 1. The number of hydrogen-bond acceptors (Lipinski definition) is 5. The maximum Gasteiger partial charge on any atom is 0.338 e. The standard InChI is InChI=1S/C29H24Cl2N2O5/c30-24-13-9-20(15-25(24)31)32-26(34)16-38-29(37)18-6-10-21(11-7-18)33-27(35)22-12-8-19(14-23(22)28(33)36)17-4-2-1-3-5-17/h1-7,9-11,13,15,19,22-23H,8,12,14,16H2,(H,32,34)/t19-,22-,23-/m1/s1. The third-order valence-corrected chi connectivity index (χ3v) is 7.83. The molecule has 0 bridgehead atoms. The molecule has 3 aromatic carbocycles. The SMILES string of the molecule is O=C(COC(=O)c1ccc(N2C(=O)[C@@H]3CC[C@@H](c4ccccc4)C[C@H]3C2=O)cc1)Nc1ccc(Cl)c(Cl)c1. The van der Waals surface area contributed by atoms with Crippen molar-refractivity contribution in [3.63, 3.8) is 0 Å². The zero-order valence-corrected chi connectivity index (χ0v) is 21.7. The van der Waals surface area contributed by atoms with Crippen LogP contribution in [0.25, 0.3) is 0 Å². The van der Waals surface area contributed by atoms with Crippen LogP contribution in [0.5, 0.6) is 0 Å². The van der Waals surface area contributed by atoms with Crippen LogP contribution in [0.4, 0.5) is 11.4 Å². The molecule has 1 saturated carbocycles. The average molecular weight is 551 g/mol. The van der Waals surface area contributed by atoms with Crippen molar-refractivity contribution in [2.45, 2.75) is 25.2 Å². The summed E-state index contributed by atoms with van der Waals surface area (Å²) in [6.07, 6.45) is 2.17. The van der Waals surface area contributed by atoms with Crippen LogP contribution in [-0.4, -0.2) is 30.3 Å². The molecular formula is C29H24Cl2N2O5. The maximum absolute atomic E-state index is 13.3. The smallest absolute Gasteiger partial charge is 0.338 e. The molecule has 1 aliphatic heterocycles. The van der Waals surface area contributed by atoms with E-state index in [1.807, 2.05) is 18.2 Å².